The largest absolute Gasteiger partial charge is 0.457 e. The third kappa shape index (κ3) is 3.49. The summed E-state index contributed by atoms with van der Waals surface area (Å²) >= 11 is 0. The van der Waals surface area contributed by atoms with Gasteiger partial charge in [0, 0.05) is 0 Å². The quantitative estimate of drug-likeness (QED) is 0.485. The molecular formula is C22H18FN3O2. The number of aromatic nitrogens is 3. The second-order valence-electron chi connectivity index (χ2n) is 6.46. The Morgan fingerprint density at radius 1 is 1.11 bits per heavy atom. The molecule has 1 atom stereocenters. The Morgan fingerprint density at radius 2 is 1.89 bits per heavy atom. The van der Waals surface area contributed by atoms with Crippen molar-refractivity contribution < 1.29 is 13.9 Å². The van der Waals surface area contributed by atoms with E-state index in [-0.39, 0.29) is 12.0 Å². The molecule has 4 rings (SSSR count). The molecule has 3 aromatic carbocycles. The van der Waals surface area contributed by atoms with Gasteiger partial charge in [-0.25, -0.2) is 14.1 Å². The van der Waals surface area contributed by atoms with Gasteiger partial charge in [0.2, 0.25) is 0 Å². The molecule has 0 radical (unpaired) electrons. The molecule has 0 bridgehead atoms. The Kier molecular flexibility index (Phi) is 4.85. The fourth-order valence-corrected chi connectivity index (χ4v) is 3.36. The van der Waals surface area contributed by atoms with Crippen LogP contribution in [0.3, 0.4) is 0 Å². The van der Waals surface area contributed by atoms with Crippen molar-refractivity contribution in [1.29, 1.82) is 0 Å². The summed E-state index contributed by atoms with van der Waals surface area (Å²) in [5.74, 6) is -0.880. The molecule has 0 saturated heterocycles. The highest BCUT2D eigenvalue weighted by Gasteiger charge is 2.21. The van der Waals surface area contributed by atoms with Crippen LogP contribution >= 0.6 is 0 Å². The van der Waals surface area contributed by atoms with E-state index >= 15 is 0 Å². The van der Waals surface area contributed by atoms with Gasteiger partial charge in [-0.2, -0.15) is 5.10 Å². The molecule has 0 amide bonds. The first-order valence-electron chi connectivity index (χ1n) is 8.93. The maximum absolute atomic E-state index is 14.5. The van der Waals surface area contributed by atoms with Crippen LogP contribution in [-0.4, -0.2) is 20.7 Å². The van der Waals surface area contributed by atoms with E-state index < -0.39 is 17.9 Å². The van der Waals surface area contributed by atoms with Crippen molar-refractivity contribution >= 4 is 16.7 Å². The number of fused-ring (bicyclic) bond motifs is 1. The van der Waals surface area contributed by atoms with Gasteiger partial charge in [0.05, 0.1) is 17.7 Å². The van der Waals surface area contributed by atoms with Crippen molar-refractivity contribution in [3.63, 3.8) is 0 Å². The van der Waals surface area contributed by atoms with Gasteiger partial charge in [0.15, 0.2) is 0 Å². The Morgan fingerprint density at radius 3 is 2.71 bits per heavy atom. The standard InChI is InChI=1S/C22H18FN3O2/c1-15(22-19(23)10-5-11-20(22)26-14-24-13-25-26)28-21(27)12-17-8-4-7-16-6-2-3-9-18(16)17/h2-11,13-15H,12H2,1H3/t15-/m0/s1. The number of esters is 1. The van der Waals surface area contributed by atoms with Gasteiger partial charge in [0.1, 0.15) is 24.6 Å². The molecule has 0 aliphatic heterocycles. The predicted octanol–water partition coefficient (Wildman–Crippen LogP) is 4.41. The van der Waals surface area contributed by atoms with Gasteiger partial charge in [-0.15, -0.1) is 0 Å². The molecule has 0 spiro atoms. The monoisotopic (exact) mass is 375 g/mol. The number of ether oxygens (including phenoxy) is 1. The summed E-state index contributed by atoms with van der Waals surface area (Å²) in [6, 6.07) is 18.3. The lowest BCUT2D eigenvalue weighted by atomic mass is 10.0. The highest BCUT2D eigenvalue weighted by molar-refractivity contribution is 5.89. The van der Waals surface area contributed by atoms with Gasteiger partial charge >= 0.3 is 5.97 Å². The van der Waals surface area contributed by atoms with E-state index in [1.54, 1.807) is 19.1 Å². The molecule has 1 aromatic heterocycles. The molecule has 28 heavy (non-hydrogen) atoms. The number of hydrogen-bond donors (Lipinski definition) is 0. The average Bonchev–Trinajstić information content (AvgIpc) is 3.22. The number of halogens is 1. The van der Waals surface area contributed by atoms with Gasteiger partial charge in [-0.3, -0.25) is 4.79 Å². The molecule has 0 fully saturated rings. The third-order valence-corrected chi connectivity index (χ3v) is 4.62. The van der Waals surface area contributed by atoms with Crippen molar-refractivity contribution in [2.24, 2.45) is 0 Å². The summed E-state index contributed by atoms with van der Waals surface area (Å²) in [7, 11) is 0. The molecule has 0 unspecified atom stereocenters. The number of nitrogens with zero attached hydrogens (tertiary/aromatic N) is 3. The molecule has 0 N–H and O–H groups in total. The average molecular weight is 375 g/mol. The van der Waals surface area contributed by atoms with E-state index in [0.717, 1.165) is 16.3 Å². The Labute approximate surface area is 161 Å². The first-order chi connectivity index (χ1) is 13.6. The fraction of sp³-hybridized carbons (Fsp3) is 0.136. The highest BCUT2D eigenvalue weighted by atomic mass is 19.1. The summed E-state index contributed by atoms with van der Waals surface area (Å²) in [5.41, 5.74) is 1.63. The van der Waals surface area contributed by atoms with E-state index in [4.69, 9.17) is 4.74 Å². The number of rotatable bonds is 5. The number of carbonyl (C=O) groups is 1. The zero-order chi connectivity index (χ0) is 19.5. The third-order valence-electron chi connectivity index (χ3n) is 4.62. The first-order valence-corrected chi connectivity index (χ1v) is 8.93. The molecule has 1 heterocycles. The topological polar surface area (TPSA) is 57.0 Å². The first kappa shape index (κ1) is 17.9. The summed E-state index contributed by atoms with van der Waals surface area (Å²) < 4.78 is 21.5. The van der Waals surface area contributed by atoms with Gasteiger partial charge in [-0.05, 0) is 35.4 Å². The van der Waals surface area contributed by atoms with Crippen molar-refractivity contribution in [1.82, 2.24) is 14.8 Å². The van der Waals surface area contributed by atoms with E-state index in [1.165, 1.54) is 23.4 Å². The summed E-state index contributed by atoms with van der Waals surface area (Å²) in [4.78, 5) is 16.5. The molecule has 0 aliphatic carbocycles. The van der Waals surface area contributed by atoms with Crippen LogP contribution in [0.5, 0.6) is 0 Å². The van der Waals surface area contributed by atoms with Crippen LogP contribution in [0.4, 0.5) is 4.39 Å². The Hall–Kier alpha value is -3.54. The minimum absolute atomic E-state index is 0.110. The van der Waals surface area contributed by atoms with E-state index in [9.17, 15) is 9.18 Å². The molecule has 0 aliphatic rings. The van der Waals surface area contributed by atoms with Crippen LogP contribution in [0.2, 0.25) is 0 Å². The normalized spacial score (nSPS) is 12.1. The predicted molar refractivity (Wildman–Crippen MR) is 103 cm³/mol. The summed E-state index contributed by atoms with van der Waals surface area (Å²) in [5, 5.41) is 6.11. The molecular weight excluding hydrogens is 357 g/mol. The molecule has 4 aromatic rings. The number of benzene rings is 3. The van der Waals surface area contributed by atoms with Crippen LogP contribution in [0.1, 0.15) is 24.2 Å². The van der Waals surface area contributed by atoms with Gasteiger partial charge < -0.3 is 4.74 Å². The fourth-order valence-electron chi connectivity index (χ4n) is 3.36. The highest BCUT2D eigenvalue weighted by Crippen LogP contribution is 2.27. The second kappa shape index (κ2) is 7.60. The lowest BCUT2D eigenvalue weighted by molar-refractivity contribution is -0.147. The van der Waals surface area contributed by atoms with Gasteiger partial charge in [0.25, 0.3) is 0 Å². The second-order valence-corrected chi connectivity index (χ2v) is 6.46. The van der Waals surface area contributed by atoms with Crippen molar-refractivity contribution in [3.05, 3.63) is 90.3 Å². The number of carbonyl (C=O) groups excluding carboxylic acids is 1. The van der Waals surface area contributed by atoms with E-state index in [0.29, 0.717) is 5.69 Å². The summed E-state index contributed by atoms with van der Waals surface area (Å²) in [6.45, 7) is 1.65. The Balaban J connectivity index is 1.57. The maximum atomic E-state index is 14.5. The zero-order valence-electron chi connectivity index (χ0n) is 15.2. The van der Waals surface area contributed by atoms with Crippen LogP contribution < -0.4 is 0 Å². The van der Waals surface area contributed by atoms with Crippen LogP contribution in [0, 0.1) is 5.82 Å². The molecule has 5 nitrogen and oxygen atoms in total. The summed E-state index contributed by atoms with van der Waals surface area (Å²) in [6.07, 6.45) is 2.18. The van der Waals surface area contributed by atoms with E-state index in [1.807, 2.05) is 42.5 Å². The Bertz CT molecular complexity index is 1120. The lowest BCUT2D eigenvalue weighted by Gasteiger charge is -2.18. The minimum atomic E-state index is -0.775. The maximum Gasteiger partial charge on any atom is 0.310 e. The van der Waals surface area contributed by atoms with Crippen molar-refractivity contribution in [3.8, 4) is 5.69 Å². The molecule has 140 valence electrons. The van der Waals surface area contributed by atoms with E-state index in [2.05, 4.69) is 10.1 Å². The van der Waals surface area contributed by atoms with Crippen LogP contribution in [-0.2, 0) is 16.0 Å². The van der Waals surface area contributed by atoms with Gasteiger partial charge in [-0.1, -0.05) is 48.5 Å². The SMILES string of the molecule is C[C@H](OC(=O)Cc1cccc2ccccc12)c1c(F)cccc1-n1cncn1. The van der Waals surface area contributed by atoms with Crippen LogP contribution in [0.15, 0.2) is 73.3 Å². The molecule has 6 heteroatoms. The van der Waals surface area contributed by atoms with Crippen molar-refractivity contribution in [2.45, 2.75) is 19.4 Å². The van der Waals surface area contributed by atoms with Crippen LogP contribution in [0.25, 0.3) is 16.5 Å². The lowest BCUT2D eigenvalue weighted by Crippen LogP contribution is -2.15. The zero-order valence-corrected chi connectivity index (χ0v) is 15.2. The minimum Gasteiger partial charge on any atom is -0.457 e. The van der Waals surface area contributed by atoms with Crippen molar-refractivity contribution in [2.75, 3.05) is 0 Å². The number of hydrogen-bond acceptors (Lipinski definition) is 4. The molecule has 0 saturated carbocycles. The smallest absolute Gasteiger partial charge is 0.310 e.